The van der Waals surface area contributed by atoms with E-state index < -0.39 is 0 Å². The van der Waals surface area contributed by atoms with Crippen LogP contribution in [-0.4, -0.2) is 34.3 Å². The summed E-state index contributed by atoms with van der Waals surface area (Å²) in [7, 11) is 3.61. The number of methoxy groups -OCH3 is 1. The first-order valence-electron chi connectivity index (χ1n) is 13.3. The molecule has 2 bridgehead atoms. The molecule has 2 heterocycles. The fraction of sp³-hybridized carbons (Fsp3) is 0.387. The third kappa shape index (κ3) is 4.25. The normalized spacial score (nSPS) is 22.5. The predicted molar refractivity (Wildman–Crippen MR) is 151 cm³/mol. The van der Waals surface area contributed by atoms with E-state index in [-0.39, 0.29) is 16.7 Å². The molecule has 0 atom stereocenters. The van der Waals surface area contributed by atoms with Crippen molar-refractivity contribution < 1.29 is 9.53 Å². The van der Waals surface area contributed by atoms with Crippen LogP contribution in [0, 0.1) is 12.3 Å². The minimum Gasteiger partial charge on any atom is -0.497 e. The molecule has 4 aromatic rings. The molecule has 3 aliphatic rings. The molecule has 1 amide bonds. The largest absolute Gasteiger partial charge is 0.497 e. The van der Waals surface area contributed by atoms with E-state index in [4.69, 9.17) is 16.3 Å². The fourth-order valence-corrected chi connectivity index (χ4v) is 6.94. The smallest absolute Gasteiger partial charge is 0.258 e. The lowest BCUT2D eigenvalue weighted by atomic mass is 9.51. The average molecular weight is 529 g/mol. The molecule has 6 nitrogen and oxygen atoms in total. The molecule has 7 rings (SSSR count). The average Bonchev–Trinajstić information content (AvgIpc) is 3.32. The molecule has 3 aliphatic carbocycles. The van der Waals surface area contributed by atoms with Gasteiger partial charge in [0.2, 0.25) is 0 Å². The Bertz CT molecular complexity index is 1500. The van der Waals surface area contributed by atoms with Gasteiger partial charge in [-0.2, -0.15) is 5.10 Å². The van der Waals surface area contributed by atoms with Gasteiger partial charge >= 0.3 is 0 Å². The summed E-state index contributed by atoms with van der Waals surface area (Å²) in [4.78, 5) is 20.2. The van der Waals surface area contributed by atoms with Crippen LogP contribution in [-0.2, 0) is 12.5 Å². The van der Waals surface area contributed by atoms with Gasteiger partial charge in [0, 0.05) is 53.7 Å². The number of hydrogen-bond donors (Lipinski definition) is 0. The second kappa shape index (κ2) is 9.42. The number of hydrogen-bond acceptors (Lipinski definition) is 4. The van der Waals surface area contributed by atoms with Gasteiger partial charge in [-0.1, -0.05) is 17.7 Å². The van der Waals surface area contributed by atoms with Crippen LogP contribution in [0.1, 0.15) is 60.0 Å². The number of pyridine rings is 1. The van der Waals surface area contributed by atoms with Crippen molar-refractivity contribution in [2.24, 2.45) is 12.5 Å². The lowest BCUT2D eigenvalue weighted by Gasteiger charge is -2.55. The highest BCUT2D eigenvalue weighted by atomic mass is 35.5. The highest BCUT2D eigenvalue weighted by Gasteiger charge is 2.50. The Morgan fingerprint density at radius 2 is 1.82 bits per heavy atom. The Hall–Kier alpha value is -3.38. The molecule has 0 spiro atoms. The van der Waals surface area contributed by atoms with E-state index in [1.54, 1.807) is 25.6 Å². The molecule has 0 aliphatic heterocycles. The first-order chi connectivity index (χ1) is 18.3. The molecular weight excluding hydrogens is 496 g/mol. The van der Waals surface area contributed by atoms with Crippen LogP contribution >= 0.6 is 11.6 Å². The minimum absolute atomic E-state index is 0.0203. The zero-order valence-corrected chi connectivity index (χ0v) is 23.0. The molecule has 3 saturated carbocycles. The van der Waals surface area contributed by atoms with Gasteiger partial charge in [-0.05, 0) is 97.7 Å². The van der Waals surface area contributed by atoms with Crippen LogP contribution in [0.25, 0.3) is 10.9 Å². The summed E-state index contributed by atoms with van der Waals surface area (Å²) >= 11 is 6.47. The maximum atomic E-state index is 14.0. The van der Waals surface area contributed by atoms with Gasteiger partial charge in [-0.25, -0.2) is 0 Å². The number of carbonyl (C=O) groups is 1. The van der Waals surface area contributed by atoms with E-state index in [0.717, 1.165) is 49.8 Å². The van der Waals surface area contributed by atoms with E-state index in [1.165, 1.54) is 16.5 Å². The first-order valence-corrected chi connectivity index (χ1v) is 13.7. The second-order valence-electron chi connectivity index (χ2n) is 11.3. The SMILES string of the molecule is COc1cc(Cl)cc(N(CC23CCC(c4ccc5c(cnn5C)c4)(CC2)CC3)C(=O)c2ccncc2C)c1. The zero-order valence-electron chi connectivity index (χ0n) is 22.2. The third-order valence-corrected chi connectivity index (χ3v) is 9.37. The molecule has 0 unspecified atom stereocenters. The fourth-order valence-electron chi connectivity index (χ4n) is 6.72. The van der Waals surface area contributed by atoms with Crippen molar-refractivity contribution in [2.75, 3.05) is 18.6 Å². The number of aryl methyl sites for hydroxylation is 2. The van der Waals surface area contributed by atoms with Crippen LogP contribution in [0.3, 0.4) is 0 Å². The monoisotopic (exact) mass is 528 g/mol. The molecule has 3 fully saturated rings. The lowest BCUT2D eigenvalue weighted by molar-refractivity contribution is 0.0442. The maximum Gasteiger partial charge on any atom is 0.258 e. The number of nitrogens with zero attached hydrogens (tertiary/aromatic N) is 4. The summed E-state index contributed by atoms with van der Waals surface area (Å²) in [5.74, 6) is 0.624. The molecular formula is C31H33ClN4O2. The topological polar surface area (TPSA) is 60.2 Å². The Morgan fingerprint density at radius 3 is 2.53 bits per heavy atom. The van der Waals surface area contributed by atoms with Crippen molar-refractivity contribution in [1.29, 1.82) is 0 Å². The Labute approximate surface area is 228 Å². The summed E-state index contributed by atoms with van der Waals surface area (Å²) in [6.45, 7) is 2.60. The Balaban J connectivity index is 1.31. The highest BCUT2D eigenvalue weighted by molar-refractivity contribution is 6.31. The highest BCUT2D eigenvalue weighted by Crippen LogP contribution is 2.58. The van der Waals surface area contributed by atoms with Crippen LogP contribution in [0.2, 0.25) is 5.02 Å². The number of fused-ring (bicyclic) bond motifs is 4. The number of rotatable bonds is 6. The number of ether oxygens (including phenoxy) is 1. The van der Waals surface area contributed by atoms with Gasteiger partial charge in [0.1, 0.15) is 5.75 Å². The summed E-state index contributed by atoms with van der Waals surface area (Å²) in [6, 6.07) is 14.2. The van der Waals surface area contributed by atoms with Gasteiger partial charge in [-0.3, -0.25) is 14.5 Å². The molecule has 196 valence electrons. The standard InChI is InChI=1S/C31H33ClN4O2/c1-21-18-33-13-6-27(21)29(37)36(25-15-24(32)16-26(17-25)38-3)20-30-7-10-31(11-8-30,12-9-30)23-4-5-28-22(14-23)19-34-35(28)2/h4-6,13-19H,7-12,20H2,1-3H3. The maximum absolute atomic E-state index is 14.0. The van der Waals surface area contributed by atoms with Gasteiger partial charge < -0.3 is 9.64 Å². The molecule has 2 aromatic heterocycles. The van der Waals surface area contributed by atoms with Crippen molar-refractivity contribution in [3.8, 4) is 5.75 Å². The van der Waals surface area contributed by atoms with E-state index in [2.05, 4.69) is 28.3 Å². The molecule has 38 heavy (non-hydrogen) atoms. The van der Waals surface area contributed by atoms with Gasteiger partial charge in [-0.15, -0.1) is 0 Å². The van der Waals surface area contributed by atoms with Crippen molar-refractivity contribution in [3.05, 3.63) is 82.8 Å². The minimum atomic E-state index is -0.0203. The quantitative estimate of drug-likeness (QED) is 0.274. The summed E-state index contributed by atoms with van der Waals surface area (Å²) in [5, 5.41) is 6.20. The van der Waals surface area contributed by atoms with E-state index >= 15 is 0 Å². The van der Waals surface area contributed by atoms with E-state index in [0.29, 0.717) is 22.9 Å². The molecule has 7 heteroatoms. The predicted octanol–water partition coefficient (Wildman–Crippen LogP) is 6.88. The third-order valence-electron chi connectivity index (χ3n) is 9.15. The molecule has 0 N–H and O–H groups in total. The number of benzene rings is 2. The summed E-state index contributed by atoms with van der Waals surface area (Å²) in [5.41, 5.74) is 5.20. The van der Waals surface area contributed by atoms with E-state index in [1.807, 2.05) is 47.9 Å². The summed E-state index contributed by atoms with van der Waals surface area (Å²) < 4.78 is 7.44. The Morgan fingerprint density at radius 1 is 1.05 bits per heavy atom. The Kier molecular flexibility index (Phi) is 6.18. The van der Waals surface area contributed by atoms with Crippen molar-refractivity contribution in [2.45, 2.75) is 50.9 Å². The zero-order chi connectivity index (χ0) is 26.5. The van der Waals surface area contributed by atoms with Crippen LogP contribution < -0.4 is 9.64 Å². The second-order valence-corrected chi connectivity index (χ2v) is 11.7. The van der Waals surface area contributed by atoms with Crippen LogP contribution in [0.4, 0.5) is 5.69 Å². The first kappa shape index (κ1) is 24.9. The number of carbonyl (C=O) groups excluding carboxylic acids is 1. The van der Waals surface area contributed by atoms with Crippen LogP contribution in [0.5, 0.6) is 5.75 Å². The molecule has 2 aromatic carbocycles. The molecule has 0 radical (unpaired) electrons. The van der Waals surface area contributed by atoms with Gasteiger partial charge in [0.25, 0.3) is 5.91 Å². The van der Waals surface area contributed by atoms with E-state index in [9.17, 15) is 4.79 Å². The number of halogens is 1. The van der Waals surface area contributed by atoms with Crippen molar-refractivity contribution >= 4 is 34.1 Å². The van der Waals surface area contributed by atoms with Crippen molar-refractivity contribution in [1.82, 2.24) is 14.8 Å². The number of amides is 1. The van der Waals surface area contributed by atoms with Gasteiger partial charge in [0.05, 0.1) is 18.8 Å². The summed E-state index contributed by atoms with van der Waals surface area (Å²) in [6.07, 6.45) is 12.1. The van der Waals surface area contributed by atoms with Gasteiger partial charge in [0.15, 0.2) is 0 Å². The molecule has 0 saturated heterocycles. The van der Waals surface area contributed by atoms with Crippen molar-refractivity contribution in [3.63, 3.8) is 0 Å². The number of anilines is 1. The number of aromatic nitrogens is 3. The lowest BCUT2D eigenvalue weighted by Crippen LogP contribution is -2.50. The van der Waals surface area contributed by atoms with Crippen LogP contribution in [0.15, 0.2) is 61.1 Å².